The summed E-state index contributed by atoms with van der Waals surface area (Å²) in [5.74, 6) is 0.809. The first-order valence-electron chi connectivity index (χ1n) is 7.39. The molecule has 0 heterocycles. The van der Waals surface area contributed by atoms with Crippen molar-refractivity contribution >= 4 is 0 Å². The van der Waals surface area contributed by atoms with Gasteiger partial charge >= 0.3 is 0 Å². The minimum Gasteiger partial charge on any atom is -0.316 e. The zero-order valence-corrected chi connectivity index (χ0v) is 13.0. The molecule has 2 nitrogen and oxygen atoms in total. The van der Waals surface area contributed by atoms with E-state index in [1.54, 1.807) is 0 Å². The molecule has 0 saturated carbocycles. The lowest BCUT2D eigenvalue weighted by atomic mass is 9.81. The van der Waals surface area contributed by atoms with Crippen LogP contribution in [0, 0.1) is 11.3 Å². The van der Waals surface area contributed by atoms with Gasteiger partial charge in [-0.1, -0.05) is 34.6 Å². The SMILES string of the molecule is CCNCC(CC)(CC)CN(C)CCC(C)C. The normalized spacial score (nSPS) is 12.7. The first-order chi connectivity index (χ1) is 7.99. The topological polar surface area (TPSA) is 15.3 Å². The molecule has 0 spiro atoms. The van der Waals surface area contributed by atoms with E-state index in [9.17, 15) is 0 Å². The Bertz CT molecular complexity index is 174. The monoisotopic (exact) mass is 242 g/mol. The fourth-order valence-corrected chi connectivity index (χ4v) is 2.30. The second kappa shape index (κ2) is 8.93. The second-order valence-electron chi connectivity index (χ2n) is 5.91. The van der Waals surface area contributed by atoms with E-state index in [1.165, 1.54) is 32.4 Å². The van der Waals surface area contributed by atoms with Crippen LogP contribution in [-0.2, 0) is 0 Å². The van der Waals surface area contributed by atoms with Gasteiger partial charge in [-0.05, 0) is 50.7 Å². The summed E-state index contributed by atoms with van der Waals surface area (Å²) in [7, 11) is 2.27. The molecule has 0 fully saturated rings. The molecule has 1 N–H and O–H groups in total. The molecule has 104 valence electrons. The maximum absolute atomic E-state index is 3.53. The molecule has 17 heavy (non-hydrogen) atoms. The molecule has 0 aliphatic carbocycles. The van der Waals surface area contributed by atoms with Gasteiger partial charge in [-0.2, -0.15) is 0 Å². The Labute approximate surface area is 109 Å². The van der Waals surface area contributed by atoms with Crippen molar-refractivity contribution in [2.75, 3.05) is 33.2 Å². The Morgan fingerprint density at radius 3 is 2.12 bits per heavy atom. The van der Waals surface area contributed by atoms with E-state index in [4.69, 9.17) is 0 Å². The number of rotatable bonds is 10. The third kappa shape index (κ3) is 7.05. The highest BCUT2D eigenvalue weighted by molar-refractivity contribution is 4.82. The standard InChI is InChI=1S/C15H34N2/c1-7-15(8-2,12-16-9-3)13-17(6)11-10-14(4)5/h14,16H,7-13H2,1-6H3. The van der Waals surface area contributed by atoms with Crippen molar-refractivity contribution in [2.45, 2.75) is 53.9 Å². The second-order valence-corrected chi connectivity index (χ2v) is 5.91. The summed E-state index contributed by atoms with van der Waals surface area (Å²) in [6.45, 7) is 16.1. The Balaban J connectivity index is 4.21. The maximum atomic E-state index is 3.53. The lowest BCUT2D eigenvalue weighted by Crippen LogP contribution is -2.42. The van der Waals surface area contributed by atoms with E-state index < -0.39 is 0 Å². The fraction of sp³-hybridized carbons (Fsp3) is 1.00. The van der Waals surface area contributed by atoms with Gasteiger partial charge in [-0.3, -0.25) is 0 Å². The van der Waals surface area contributed by atoms with E-state index in [-0.39, 0.29) is 0 Å². The average Bonchev–Trinajstić information content (AvgIpc) is 2.32. The molecule has 0 amide bonds. The van der Waals surface area contributed by atoms with Crippen molar-refractivity contribution in [3.8, 4) is 0 Å². The molecule has 0 aliphatic rings. The van der Waals surface area contributed by atoms with Crippen molar-refractivity contribution in [1.29, 1.82) is 0 Å². The molecule has 0 radical (unpaired) electrons. The van der Waals surface area contributed by atoms with Crippen molar-refractivity contribution in [2.24, 2.45) is 11.3 Å². The lowest BCUT2D eigenvalue weighted by Gasteiger charge is -2.36. The van der Waals surface area contributed by atoms with Crippen LogP contribution in [0.25, 0.3) is 0 Å². The van der Waals surface area contributed by atoms with E-state index in [0.29, 0.717) is 5.41 Å². The van der Waals surface area contributed by atoms with E-state index in [2.05, 4.69) is 51.9 Å². The summed E-state index contributed by atoms with van der Waals surface area (Å²) in [6.07, 6.45) is 3.84. The minimum atomic E-state index is 0.460. The van der Waals surface area contributed by atoms with Gasteiger partial charge in [0.2, 0.25) is 0 Å². The van der Waals surface area contributed by atoms with E-state index >= 15 is 0 Å². The van der Waals surface area contributed by atoms with Crippen LogP contribution < -0.4 is 5.32 Å². The van der Waals surface area contributed by atoms with Crippen LogP contribution in [0.15, 0.2) is 0 Å². The molecule has 0 bridgehead atoms. The highest BCUT2D eigenvalue weighted by atomic mass is 15.1. The number of nitrogens with one attached hydrogen (secondary N) is 1. The molecule has 0 saturated heterocycles. The van der Waals surface area contributed by atoms with Crippen molar-refractivity contribution < 1.29 is 0 Å². The van der Waals surface area contributed by atoms with Crippen LogP contribution in [0.5, 0.6) is 0 Å². The molecule has 0 aromatic heterocycles. The molecule has 0 aromatic rings. The molecule has 0 atom stereocenters. The highest BCUT2D eigenvalue weighted by Gasteiger charge is 2.26. The molecule has 0 aromatic carbocycles. The Morgan fingerprint density at radius 2 is 1.71 bits per heavy atom. The fourth-order valence-electron chi connectivity index (χ4n) is 2.30. The summed E-state index contributed by atoms with van der Waals surface area (Å²) in [4.78, 5) is 2.52. The predicted octanol–water partition coefficient (Wildman–Crippen LogP) is 3.38. The van der Waals surface area contributed by atoms with Gasteiger partial charge in [0.1, 0.15) is 0 Å². The zero-order chi connectivity index (χ0) is 13.3. The molecule has 0 aliphatic heterocycles. The number of hydrogen-bond acceptors (Lipinski definition) is 2. The predicted molar refractivity (Wildman–Crippen MR) is 78.5 cm³/mol. The van der Waals surface area contributed by atoms with Crippen LogP contribution in [-0.4, -0.2) is 38.1 Å². The summed E-state index contributed by atoms with van der Waals surface area (Å²) in [5, 5.41) is 3.53. The van der Waals surface area contributed by atoms with E-state index in [0.717, 1.165) is 19.0 Å². The molecule has 0 rings (SSSR count). The lowest BCUT2D eigenvalue weighted by molar-refractivity contribution is 0.152. The number of hydrogen-bond donors (Lipinski definition) is 1. The quantitative estimate of drug-likeness (QED) is 0.632. The van der Waals surface area contributed by atoms with E-state index in [1.807, 2.05) is 0 Å². The summed E-state index contributed by atoms with van der Waals surface area (Å²) in [5.41, 5.74) is 0.460. The third-order valence-corrected chi connectivity index (χ3v) is 3.94. The van der Waals surface area contributed by atoms with Crippen LogP contribution in [0.4, 0.5) is 0 Å². The molecule has 2 heteroatoms. The summed E-state index contributed by atoms with van der Waals surface area (Å²) in [6, 6.07) is 0. The van der Waals surface area contributed by atoms with Gasteiger partial charge < -0.3 is 10.2 Å². The smallest absolute Gasteiger partial charge is 0.00469 e. The molecular formula is C15H34N2. The Hall–Kier alpha value is -0.0800. The zero-order valence-electron chi connectivity index (χ0n) is 13.0. The molecular weight excluding hydrogens is 208 g/mol. The van der Waals surface area contributed by atoms with Crippen LogP contribution >= 0.6 is 0 Å². The highest BCUT2D eigenvalue weighted by Crippen LogP contribution is 2.26. The van der Waals surface area contributed by atoms with Gasteiger partial charge in [-0.15, -0.1) is 0 Å². The van der Waals surface area contributed by atoms with Crippen LogP contribution in [0.1, 0.15) is 53.9 Å². The van der Waals surface area contributed by atoms with Crippen molar-refractivity contribution in [3.63, 3.8) is 0 Å². The largest absolute Gasteiger partial charge is 0.316 e. The number of nitrogens with zero attached hydrogens (tertiary/aromatic N) is 1. The Kier molecular flexibility index (Phi) is 8.89. The third-order valence-electron chi connectivity index (χ3n) is 3.94. The first-order valence-corrected chi connectivity index (χ1v) is 7.39. The van der Waals surface area contributed by atoms with Crippen LogP contribution in [0.3, 0.4) is 0 Å². The van der Waals surface area contributed by atoms with Crippen molar-refractivity contribution in [3.05, 3.63) is 0 Å². The maximum Gasteiger partial charge on any atom is 0.00469 e. The summed E-state index contributed by atoms with van der Waals surface area (Å²) >= 11 is 0. The van der Waals surface area contributed by atoms with Gasteiger partial charge in [0, 0.05) is 13.1 Å². The van der Waals surface area contributed by atoms with Gasteiger partial charge in [0.25, 0.3) is 0 Å². The average molecular weight is 242 g/mol. The minimum absolute atomic E-state index is 0.460. The van der Waals surface area contributed by atoms with Gasteiger partial charge in [-0.25, -0.2) is 0 Å². The first kappa shape index (κ1) is 16.9. The van der Waals surface area contributed by atoms with Gasteiger partial charge in [0.05, 0.1) is 0 Å². The summed E-state index contributed by atoms with van der Waals surface area (Å²) < 4.78 is 0. The molecule has 0 unspecified atom stereocenters. The van der Waals surface area contributed by atoms with Crippen molar-refractivity contribution in [1.82, 2.24) is 10.2 Å². The Morgan fingerprint density at radius 1 is 1.12 bits per heavy atom. The van der Waals surface area contributed by atoms with Crippen LogP contribution in [0.2, 0.25) is 0 Å². The van der Waals surface area contributed by atoms with Gasteiger partial charge in [0.15, 0.2) is 0 Å².